The van der Waals surface area contributed by atoms with Gasteiger partial charge in [-0.05, 0) is 0 Å². The summed E-state index contributed by atoms with van der Waals surface area (Å²) < 4.78 is 0. The Kier molecular flexibility index (Phi) is 3.63. The monoisotopic (exact) mass is 134 g/mol. The first kappa shape index (κ1) is 8.11. The van der Waals surface area contributed by atoms with Crippen LogP contribution in [-0.2, 0) is 0 Å². The minimum absolute atomic E-state index is 0. The van der Waals surface area contributed by atoms with Crippen molar-refractivity contribution in [3.63, 3.8) is 0 Å². The van der Waals surface area contributed by atoms with E-state index in [2.05, 4.69) is 0 Å². The number of hydrogen-bond acceptors (Lipinski definition) is 1. The van der Waals surface area contributed by atoms with Crippen LogP contribution in [0.5, 0.6) is 0 Å². The van der Waals surface area contributed by atoms with Crippen LogP contribution in [0.1, 0.15) is 10.4 Å². The summed E-state index contributed by atoms with van der Waals surface area (Å²) in [6.45, 7) is 0. The molecule has 1 rings (SSSR count). The summed E-state index contributed by atoms with van der Waals surface area (Å²) >= 11 is 0. The number of hydrogen-bond donors (Lipinski definition) is 0. The molecule has 0 N–H and O–H groups in total. The van der Waals surface area contributed by atoms with Crippen LogP contribution in [0.25, 0.3) is 0 Å². The third-order valence-electron chi connectivity index (χ3n) is 0.936. The van der Waals surface area contributed by atoms with E-state index in [0.717, 1.165) is 11.8 Å². The molecule has 0 aromatic heterocycles. The third-order valence-corrected chi connectivity index (χ3v) is 0.936. The highest BCUT2D eigenvalue weighted by atomic mass is 28.1. The van der Waals surface area contributed by atoms with E-state index >= 15 is 0 Å². The van der Waals surface area contributed by atoms with E-state index in [1.165, 1.54) is 0 Å². The van der Waals surface area contributed by atoms with Crippen molar-refractivity contribution in [2.45, 2.75) is 0 Å². The summed E-state index contributed by atoms with van der Waals surface area (Å²) in [4.78, 5) is 10.0. The van der Waals surface area contributed by atoms with Gasteiger partial charge in [-0.15, -0.1) is 0 Å². The van der Waals surface area contributed by atoms with Crippen molar-refractivity contribution in [2.24, 2.45) is 0 Å². The molecule has 4 radical (unpaired) electrons. The molecule has 0 fully saturated rings. The lowest BCUT2D eigenvalue weighted by Crippen LogP contribution is -1.73. The van der Waals surface area contributed by atoms with Crippen molar-refractivity contribution in [3.8, 4) is 0 Å². The highest BCUT2D eigenvalue weighted by Crippen LogP contribution is 1.91. The van der Waals surface area contributed by atoms with Crippen molar-refractivity contribution in [1.29, 1.82) is 0 Å². The Morgan fingerprint density at radius 2 is 1.67 bits per heavy atom. The van der Waals surface area contributed by atoms with E-state index in [4.69, 9.17) is 0 Å². The van der Waals surface area contributed by atoms with Crippen LogP contribution >= 0.6 is 0 Å². The molecule has 0 atom stereocenters. The number of carbonyl (C=O) groups is 1. The highest BCUT2D eigenvalue weighted by molar-refractivity contribution is 5.75. The predicted octanol–water partition coefficient (Wildman–Crippen LogP) is 1.12. The first-order chi connectivity index (χ1) is 3.93. The van der Waals surface area contributed by atoms with Gasteiger partial charge in [-0.3, -0.25) is 4.79 Å². The lowest BCUT2D eigenvalue weighted by atomic mass is 10.2. The van der Waals surface area contributed by atoms with Crippen molar-refractivity contribution < 1.29 is 4.79 Å². The third kappa shape index (κ3) is 2.23. The van der Waals surface area contributed by atoms with Gasteiger partial charge in [-0.25, -0.2) is 0 Å². The van der Waals surface area contributed by atoms with Crippen LogP contribution in [0.15, 0.2) is 30.3 Å². The smallest absolute Gasteiger partial charge is 0.150 e. The van der Waals surface area contributed by atoms with Crippen molar-refractivity contribution in [3.05, 3.63) is 35.9 Å². The molecular weight excluding hydrogens is 128 g/mol. The quantitative estimate of drug-likeness (QED) is 0.415. The summed E-state index contributed by atoms with van der Waals surface area (Å²) in [6, 6.07) is 9.10. The van der Waals surface area contributed by atoms with Crippen molar-refractivity contribution in [1.82, 2.24) is 0 Å². The predicted molar refractivity (Wildman–Crippen MR) is 37.6 cm³/mol. The van der Waals surface area contributed by atoms with Gasteiger partial charge in [0, 0.05) is 16.5 Å². The molecule has 0 aliphatic carbocycles. The Bertz CT molecular complexity index is 172. The second-order valence-corrected chi connectivity index (χ2v) is 1.53. The van der Waals surface area contributed by atoms with Gasteiger partial charge in [0.1, 0.15) is 6.29 Å². The summed E-state index contributed by atoms with van der Waals surface area (Å²) in [6.07, 6.45) is 0.833. The first-order valence-electron chi connectivity index (χ1n) is 2.44. The average Bonchev–Trinajstić information content (AvgIpc) is 1.90. The molecule has 0 aliphatic heterocycles. The highest BCUT2D eigenvalue weighted by Gasteiger charge is 1.79. The lowest BCUT2D eigenvalue weighted by molar-refractivity contribution is 0.112. The number of aldehydes is 1. The van der Waals surface area contributed by atoms with Crippen LogP contribution in [-0.4, -0.2) is 17.3 Å². The average molecular weight is 134 g/mol. The fourth-order valence-corrected chi connectivity index (χ4v) is 0.532. The molecule has 0 spiro atoms. The van der Waals surface area contributed by atoms with E-state index in [-0.39, 0.29) is 11.0 Å². The van der Waals surface area contributed by atoms with E-state index in [1.807, 2.05) is 18.2 Å². The molecule has 0 amide bonds. The fraction of sp³-hybridized carbons (Fsp3) is 0. The van der Waals surface area contributed by atoms with Gasteiger partial charge in [-0.1, -0.05) is 30.3 Å². The molecule has 44 valence electrons. The molecule has 0 heterocycles. The zero-order valence-corrected chi connectivity index (χ0v) is 5.87. The zero-order valence-electron chi connectivity index (χ0n) is 4.87. The van der Waals surface area contributed by atoms with Crippen LogP contribution in [0.4, 0.5) is 0 Å². The zero-order chi connectivity index (χ0) is 5.82. The Morgan fingerprint density at radius 3 is 2.00 bits per heavy atom. The molecule has 0 aliphatic rings. The minimum atomic E-state index is 0. The number of rotatable bonds is 1. The molecule has 2 heteroatoms. The number of benzene rings is 1. The van der Waals surface area contributed by atoms with Gasteiger partial charge in [0.2, 0.25) is 0 Å². The van der Waals surface area contributed by atoms with Crippen molar-refractivity contribution >= 4 is 17.3 Å². The minimum Gasteiger partial charge on any atom is -0.298 e. The van der Waals surface area contributed by atoms with Gasteiger partial charge < -0.3 is 0 Å². The van der Waals surface area contributed by atoms with Gasteiger partial charge in [-0.2, -0.15) is 0 Å². The topological polar surface area (TPSA) is 17.1 Å². The molecule has 1 nitrogen and oxygen atoms in total. The molecule has 0 unspecified atom stereocenters. The second kappa shape index (κ2) is 4.03. The normalized spacial score (nSPS) is 7.56. The Labute approximate surface area is 58.7 Å². The van der Waals surface area contributed by atoms with Crippen LogP contribution in [0, 0.1) is 0 Å². The second-order valence-electron chi connectivity index (χ2n) is 1.53. The van der Waals surface area contributed by atoms with Gasteiger partial charge in [0.15, 0.2) is 0 Å². The summed E-state index contributed by atoms with van der Waals surface area (Å²) in [5.74, 6) is 0. The largest absolute Gasteiger partial charge is 0.298 e. The first-order valence-corrected chi connectivity index (χ1v) is 2.44. The Balaban J connectivity index is 0.000000640. The number of carbonyl (C=O) groups excluding carboxylic acids is 1. The van der Waals surface area contributed by atoms with E-state index in [9.17, 15) is 4.79 Å². The SMILES string of the molecule is O=Cc1ccccc1.[Si]. The van der Waals surface area contributed by atoms with Crippen molar-refractivity contribution in [2.75, 3.05) is 0 Å². The maximum absolute atomic E-state index is 10.0. The molecule has 9 heavy (non-hydrogen) atoms. The van der Waals surface area contributed by atoms with E-state index in [1.54, 1.807) is 12.1 Å². The van der Waals surface area contributed by atoms with E-state index < -0.39 is 0 Å². The molecule has 0 saturated heterocycles. The maximum atomic E-state index is 10.0. The standard InChI is InChI=1S/C7H6O.Si/c8-6-7-4-2-1-3-5-7;/h1-6H;. The van der Waals surface area contributed by atoms with Gasteiger partial charge in [0.05, 0.1) is 0 Å². The summed E-state index contributed by atoms with van der Waals surface area (Å²) in [5, 5.41) is 0. The molecule has 1 aromatic carbocycles. The molecule has 1 aromatic rings. The summed E-state index contributed by atoms with van der Waals surface area (Å²) in [7, 11) is 0. The van der Waals surface area contributed by atoms with E-state index in [0.29, 0.717) is 0 Å². The van der Waals surface area contributed by atoms with Crippen LogP contribution in [0.3, 0.4) is 0 Å². The Morgan fingerprint density at radius 1 is 1.11 bits per heavy atom. The van der Waals surface area contributed by atoms with Crippen LogP contribution in [0.2, 0.25) is 0 Å². The lowest BCUT2D eigenvalue weighted by Gasteiger charge is -1.81. The summed E-state index contributed by atoms with van der Waals surface area (Å²) in [5.41, 5.74) is 0.729. The fourth-order valence-electron chi connectivity index (χ4n) is 0.532. The van der Waals surface area contributed by atoms with Gasteiger partial charge >= 0.3 is 0 Å². The van der Waals surface area contributed by atoms with Gasteiger partial charge in [0.25, 0.3) is 0 Å². The Hall–Kier alpha value is -0.893. The molecular formula is C7H6OSi. The molecule has 0 saturated carbocycles. The van der Waals surface area contributed by atoms with Crippen LogP contribution < -0.4 is 0 Å². The maximum Gasteiger partial charge on any atom is 0.150 e. The molecule has 0 bridgehead atoms.